The van der Waals surface area contributed by atoms with Gasteiger partial charge in [0, 0.05) is 0 Å². The zero-order valence-electron chi connectivity index (χ0n) is 9.24. The molecule has 0 aromatic carbocycles. The highest BCUT2D eigenvalue weighted by molar-refractivity contribution is 5.93. The lowest BCUT2D eigenvalue weighted by Crippen LogP contribution is -2.29. The smallest absolute Gasteiger partial charge is 0.183 e. The summed E-state index contributed by atoms with van der Waals surface area (Å²) in [6.45, 7) is 1.83. The molecular weight excluding hydrogens is 188 g/mol. The molecule has 1 aliphatic carbocycles. The van der Waals surface area contributed by atoms with Gasteiger partial charge in [-0.1, -0.05) is 17.7 Å². The highest BCUT2D eigenvalue weighted by atomic mass is 16.5. The molecule has 0 fully saturated rings. The first-order chi connectivity index (χ1) is 7.25. The lowest BCUT2D eigenvalue weighted by molar-refractivity contribution is -0.128. The predicted molar refractivity (Wildman–Crippen MR) is 59.7 cm³/mol. The fourth-order valence-corrected chi connectivity index (χ4v) is 2.18. The monoisotopic (exact) mass is 206 g/mol. The Bertz CT molecular complexity index is 302. The van der Waals surface area contributed by atoms with Crippen molar-refractivity contribution < 1.29 is 9.53 Å². The molecule has 0 radical (unpaired) electrons. The van der Waals surface area contributed by atoms with E-state index in [0.29, 0.717) is 0 Å². The minimum atomic E-state index is -0.260. The van der Waals surface area contributed by atoms with E-state index in [0.717, 1.165) is 6.42 Å². The highest BCUT2D eigenvalue weighted by Gasteiger charge is 2.21. The van der Waals surface area contributed by atoms with Crippen LogP contribution in [0.15, 0.2) is 23.8 Å². The number of hydrogen-bond acceptors (Lipinski definition) is 2. The van der Waals surface area contributed by atoms with Gasteiger partial charge in [-0.15, -0.1) is 0 Å². The van der Waals surface area contributed by atoms with E-state index >= 15 is 0 Å². The summed E-state index contributed by atoms with van der Waals surface area (Å²) in [5, 5.41) is 0. The van der Waals surface area contributed by atoms with Crippen molar-refractivity contribution >= 4 is 5.78 Å². The maximum atomic E-state index is 11.2. The van der Waals surface area contributed by atoms with Crippen molar-refractivity contribution in [3.05, 3.63) is 23.8 Å². The summed E-state index contributed by atoms with van der Waals surface area (Å²) in [6, 6.07) is 0. The van der Waals surface area contributed by atoms with Crippen LogP contribution in [-0.2, 0) is 9.53 Å². The van der Waals surface area contributed by atoms with Gasteiger partial charge in [0.25, 0.3) is 0 Å². The Labute approximate surface area is 91.0 Å². The Kier molecular flexibility index (Phi) is 3.37. The summed E-state index contributed by atoms with van der Waals surface area (Å²) in [6.07, 6.45) is 11.8. The van der Waals surface area contributed by atoms with E-state index < -0.39 is 0 Å². The van der Waals surface area contributed by atoms with Crippen molar-refractivity contribution in [3.8, 4) is 0 Å². The van der Waals surface area contributed by atoms with Gasteiger partial charge in [-0.25, -0.2) is 0 Å². The van der Waals surface area contributed by atoms with Gasteiger partial charge in [0.05, 0.1) is 6.10 Å². The molecule has 0 bridgehead atoms. The number of carbonyl (C=O) groups excluding carboxylic acids is 1. The number of carbonyl (C=O) groups is 1. The quantitative estimate of drug-likeness (QED) is 0.649. The summed E-state index contributed by atoms with van der Waals surface area (Å²) in [4.78, 5) is 11.2. The minimum absolute atomic E-state index is 0.0869. The molecule has 2 heteroatoms. The predicted octanol–water partition coefficient (Wildman–Crippen LogP) is 2.79. The van der Waals surface area contributed by atoms with Gasteiger partial charge in [-0.3, -0.25) is 4.79 Å². The molecule has 0 amide bonds. The third-order valence-corrected chi connectivity index (χ3v) is 3.10. The lowest BCUT2D eigenvalue weighted by atomic mass is 9.94. The SMILES string of the molecule is CC1OC(CC2=CCCCC2)C=CC1=O. The van der Waals surface area contributed by atoms with E-state index in [9.17, 15) is 4.79 Å². The number of ether oxygens (including phenoxy) is 1. The summed E-state index contributed by atoms with van der Waals surface area (Å²) in [5.41, 5.74) is 1.50. The molecular formula is C13H18O2. The van der Waals surface area contributed by atoms with Crippen molar-refractivity contribution in [1.82, 2.24) is 0 Å². The first-order valence-corrected chi connectivity index (χ1v) is 5.81. The van der Waals surface area contributed by atoms with Crippen LogP contribution in [0.4, 0.5) is 0 Å². The zero-order chi connectivity index (χ0) is 10.7. The average Bonchev–Trinajstić information content (AvgIpc) is 2.25. The fraction of sp³-hybridized carbons (Fsp3) is 0.615. The summed E-state index contributed by atoms with van der Waals surface area (Å²) in [5.74, 6) is 0.0869. The van der Waals surface area contributed by atoms with Gasteiger partial charge in [-0.2, -0.15) is 0 Å². The molecule has 1 aliphatic heterocycles. The maximum Gasteiger partial charge on any atom is 0.183 e. The molecule has 0 saturated heterocycles. The van der Waals surface area contributed by atoms with Crippen LogP contribution in [0.25, 0.3) is 0 Å². The van der Waals surface area contributed by atoms with Crippen LogP contribution in [-0.4, -0.2) is 18.0 Å². The lowest BCUT2D eigenvalue weighted by Gasteiger charge is -2.24. The number of hydrogen-bond donors (Lipinski definition) is 0. The van der Waals surface area contributed by atoms with Crippen LogP contribution in [0.5, 0.6) is 0 Å². The van der Waals surface area contributed by atoms with Crippen molar-refractivity contribution in [2.45, 2.75) is 51.2 Å². The molecule has 1 heterocycles. The second-order valence-electron chi connectivity index (χ2n) is 4.39. The van der Waals surface area contributed by atoms with Crippen molar-refractivity contribution in [2.24, 2.45) is 0 Å². The first-order valence-electron chi connectivity index (χ1n) is 5.81. The summed E-state index contributed by atoms with van der Waals surface area (Å²) in [7, 11) is 0. The van der Waals surface area contributed by atoms with Gasteiger partial charge < -0.3 is 4.74 Å². The number of rotatable bonds is 2. The Morgan fingerprint density at radius 1 is 1.47 bits per heavy atom. The molecule has 0 saturated carbocycles. The average molecular weight is 206 g/mol. The van der Waals surface area contributed by atoms with E-state index in [4.69, 9.17) is 4.74 Å². The van der Waals surface area contributed by atoms with E-state index in [2.05, 4.69) is 6.08 Å². The van der Waals surface area contributed by atoms with Crippen molar-refractivity contribution in [3.63, 3.8) is 0 Å². The van der Waals surface area contributed by atoms with E-state index in [-0.39, 0.29) is 18.0 Å². The van der Waals surface area contributed by atoms with Crippen LogP contribution < -0.4 is 0 Å². The molecule has 2 rings (SSSR count). The van der Waals surface area contributed by atoms with Crippen LogP contribution in [0.2, 0.25) is 0 Å². The van der Waals surface area contributed by atoms with Crippen molar-refractivity contribution in [1.29, 1.82) is 0 Å². The van der Waals surface area contributed by atoms with Gasteiger partial charge in [-0.05, 0) is 45.1 Å². The first kappa shape index (κ1) is 10.6. The third-order valence-electron chi connectivity index (χ3n) is 3.10. The van der Waals surface area contributed by atoms with Gasteiger partial charge in [0.2, 0.25) is 0 Å². The van der Waals surface area contributed by atoms with Crippen LogP contribution >= 0.6 is 0 Å². The molecule has 2 aliphatic rings. The Morgan fingerprint density at radius 2 is 2.33 bits per heavy atom. The molecule has 0 spiro atoms. The van der Waals surface area contributed by atoms with E-state index in [1.54, 1.807) is 6.08 Å². The topological polar surface area (TPSA) is 26.3 Å². The van der Waals surface area contributed by atoms with Crippen LogP contribution in [0, 0.1) is 0 Å². The molecule has 2 unspecified atom stereocenters. The highest BCUT2D eigenvalue weighted by Crippen LogP contribution is 2.24. The number of allylic oxidation sites excluding steroid dienone is 1. The molecule has 0 aromatic rings. The zero-order valence-corrected chi connectivity index (χ0v) is 9.24. The normalized spacial score (nSPS) is 31.5. The van der Waals surface area contributed by atoms with E-state index in [1.807, 2.05) is 13.0 Å². The van der Waals surface area contributed by atoms with E-state index in [1.165, 1.54) is 31.3 Å². The number of ketones is 1. The fourth-order valence-electron chi connectivity index (χ4n) is 2.18. The Morgan fingerprint density at radius 3 is 3.00 bits per heavy atom. The second kappa shape index (κ2) is 4.75. The molecule has 2 atom stereocenters. The molecule has 2 nitrogen and oxygen atoms in total. The Hall–Kier alpha value is -0.890. The largest absolute Gasteiger partial charge is 0.363 e. The van der Waals surface area contributed by atoms with Gasteiger partial charge >= 0.3 is 0 Å². The van der Waals surface area contributed by atoms with Gasteiger partial charge in [0.1, 0.15) is 6.10 Å². The molecule has 82 valence electrons. The molecule has 15 heavy (non-hydrogen) atoms. The van der Waals surface area contributed by atoms with Gasteiger partial charge in [0.15, 0.2) is 5.78 Å². The Balaban J connectivity index is 1.92. The third kappa shape index (κ3) is 2.78. The van der Waals surface area contributed by atoms with Crippen molar-refractivity contribution in [2.75, 3.05) is 0 Å². The summed E-state index contributed by atoms with van der Waals surface area (Å²) >= 11 is 0. The minimum Gasteiger partial charge on any atom is -0.363 e. The second-order valence-corrected chi connectivity index (χ2v) is 4.39. The van der Waals surface area contributed by atoms with Crippen LogP contribution in [0.1, 0.15) is 39.0 Å². The summed E-state index contributed by atoms with van der Waals surface area (Å²) < 4.78 is 5.62. The standard InChI is InChI=1S/C13H18O2/c1-10-13(14)8-7-12(15-10)9-11-5-3-2-4-6-11/h5,7-8,10,12H,2-4,6,9H2,1H3. The molecule has 0 aromatic heterocycles. The molecule has 0 N–H and O–H groups in total. The maximum absolute atomic E-state index is 11.2. The van der Waals surface area contributed by atoms with Crippen LogP contribution in [0.3, 0.4) is 0 Å².